The number of nitrogens with one attached hydrogen (secondary N) is 2. The number of halogens is 1. The average molecular weight is 405 g/mol. The molecular formula is C21H29ClN4O2. The summed E-state index contributed by atoms with van der Waals surface area (Å²) >= 11 is 6.01. The fourth-order valence-electron chi connectivity index (χ4n) is 2.87. The number of likely N-dealkylation sites (N-methyl/N-ethyl adjacent to an activating group) is 1. The van der Waals surface area contributed by atoms with Crippen molar-refractivity contribution in [2.75, 3.05) is 41.9 Å². The van der Waals surface area contributed by atoms with E-state index >= 15 is 0 Å². The van der Waals surface area contributed by atoms with Gasteiger partial charge in [0.05, 0.1) is 20.3 Å². The summed E-state index contributed by atoms with van der Waals surface area (Å²) in [5.41, 5.74) is 2.21. The summed E-state index contributed by atoms with van der Waals surface area (Å²) < 4.78 is 10.7. The topological polar surface area (TPSA) is 58.1 Å². The Morgan fingerprint density at radius 1 is 1.07 bits per heavy atom. The Morgan fingerprint density at radius 3 is 2.36 bits per heavy atom. The lowest BCUT2D eigenvalue weighted by Crippen LogP contribution is -2.41. The van der Waals surface area contributed by atoms with E-state index in [1.54, 1.807) is 21.3 Å². The molecule has 2 aromatic carbocycles. The molecule has 0 spiro atoms. The molecule has 28 heavy (non-hydrogen) atoms. The van der Waals surface area contributed by atoms with E-state index in [-0.39, 0.29) is 6.04 Å². The predicted octanol–water partition coefficient (Wildman–Crippen LogP) is 3.33. The highest BCUT2D eigenvalue weighted by atomic mass is 35.5. The number of methoxy groups -OCH3 is 2. The van der Waals surface area contributed by atoms with Crippen molar-refractivity contribution in [3.8, 4) is 11.5 Å². The van der Waals surface area contributed by atoms with E-state index in [0.29, 0.717) is 13.1 Å². The van der Waals surface area contributed by atoms with Crippen LogP contribution in [0.3, 0.4) is 0 Å². The summed E-state index contributed by atoms with van der Waals surface area (Å²) in [7, 11) is 9.16. The summed E-state index contributed by atoms with van der Waals surface area (Å²) in [5.74, 6) is 2.26. The van der Waals surface area contributed by atoms with Crippen LogP contribution in [-0.4, -0.2) is 52.8 Å². The van der Waals surface area contributed by atoms with Crippen LogP contribution >= 0.6 is 11.6 Å². The number of rotatable bonds is 8. The third-order valence-electron chi connectivity index (χ3n) is 4.51. The molecule has 0 saturated heterocycles. The minimum Gasteiger partial charge on any atom is -0.497 e. The van der Waals surface area contributed by atoms with E-state index in [9.17, 15) is 0 Å². The molecule has 152 valence electrons. The number of aliphatic imine (C=N–C) groups is 1. The molecule has 0 aliphatic heterocycles. The van der Waals surface area contributed by atoms with Crippen molar-refractivity contribution >= 4 is 17.6 Å². The van der Waals surface area contributed by atoms with Gasteiger partial charge >= 0.3 is 0 Å². The second kappa shape index (κ2) is 10.8. The van der Waals surface area contributed by atoms with Gasteiger partial charge in [-0.25, -0.2) is 0 Å². The van der Waals surface area contributed by atoms with Gasteiger partial charge in [-0.1, -0.05) is 23.7 Å². The third kappa shape index (κ3) is 6.04. The minimum absolute atomic E-state index is 0.186. The highest BCUT2D eigenvalue weighted by Crippen LogP contribution is 2.24. The normalized spacial score (nSPS) is 12.6. The molecule has 2 rings (SSSR count). The zero-order valence-electron chi connectivity index (χ0n) is 17.1. The zero-order chi connectivity index (χ0) is 20.5. The summed E-state index contributed by atoms with van der Waals surface area (Å²) in [6.07, 6.45) is 0. The number of nitrogens with zero attached hydrogens (tertiary/aromatic N) is 2. The Bertz CT molecular complexity index is 778. The van der Waals surface area contributed by atoms with Crippen LogP contribution in [0, 0.1) is 0 Å². The summed E-state index contributed by atoms with van der Waals surface area (Å²) in [5, 5.41) is 7.46. The Morgan fingerprint density at radius 2 is 1.79 bits per heavy atom. The summed E-state index contributed by atoms with van der Waals surface area (Å²) in [4.78, 5) is 6.48. The SMILES string of the molecule is CN=C(NCc1ccc(OC)cc1OC)NCC(c1ccc(Cl)cc1)N(C)C. The van der Waals surface area contributed by atoms with Crippen molar-refractivity contribution in [3.63, 3.8) is 0 Å². The maximum atomic E-state index is 6.01. The average Bonchev–Trinajstić information content (AvgIpc) is 2.71. The van der Waals surface area contributed by atoms with E-state index in [4.69, 9.17) is 21.1 Å². The van der Waals surface area contributed by atoms with Crippen molar-refractivity contribution in [3.05, 3.63) is 58.6 Å². The molecule has 0 bridgehead atoms. The zero-order valence-corrected chi connectivity index (χ0v) is 17.9. The molecule has 0 aliphatic carbocycles. The molecule has 6 nitrogen and oxygen atoms in total. The fraction of sp³-hybridized carbons (Fsp3) is 0.381. The van der Waals surface area contributed by atoms with Crippen LogP contribution in [0.2, 0.25) is 5.02 Å². The molecule has 1 unspecified atom stereocenters. The molecule has 0 saturated carbocycles. The first-order valence-electron chi connectivity index (χ1n) is 9.05. The van der Waals surface area contributed by atoms with E-state index in [0.717, 1.165) is 28.0 Å². The van der Waals surface area contributed by atoms with Crippen molar-refractivity contribution < 1.29 is 9.47 Å². The van der Waals surface area contributed by atoms with E-state index in [2.05, 4.69) is 34.6 Å². The summed E-state index contributed by atoms with van der Waals surface area (Å²) in [6.45, 7) is 1.29. The predicted molar refractivity (Wildman–Crippen MR) is 116 cm³/mol. The minimum atomic E-state index is 0.186. The highest BCUT2D eigenvalue weighted by Gasteiger charge is 2.15. The van der Waals surface area contributed by atoms with Crippen molar-refractivity contribution in [1.29, 1.82) is 0 Å². The van der Waals surface area contributed by atoms with Gasteiger partial charge in [-0.15, -0.1) is 0 Å². The fourth-order valence-corrected chi connectivity index (χ4v) is 3.00. The molecule has 0 aliphatic rings. The lowest BCUT2D eigenvalue weighted by atomic mass is 10.1. The van der Waals surface area contributed by atoms with Crippen LogP contribution in [0.5, 0.6) is 11.5 Å². The Hall–Kier alpha value is -2.44. The molecule has 2 aromatic rings. The van der Waals surface area contributed by atoms with Crippen LogP contribution in [-0.2, 0) is 6.54 Å². The van der Waals surface area contributed by atoms with Crippen molar-refractivity contribution in [2.45, 2.75) is 12.6 Å². The second-order valence-electron chi connectivity index (χ2n) is 6.52. The van der Waals surface area contributed by atoms with Gasteiger partial charge in [-0.05, 0) is 43.9 Å². The first-order valence-corrected chi connectivity index (χ1v) is 9.43. The van der Waals surface area contributed by atoms with E-state index in [1.807, 2.05) is 42.5 Å². The van der Waals surface area contributed by atoms with Gasteiger partial charge in [-0.3, -0.25) is 4.99 Å². The van der Waals surface area contributed by atoms with E-state index < -0.39 is 0 Å². The Balaban J connectivity index is 1.99. The number of ether oxygens (including phenoxy) is 2. The Labute approximate surface area is 172 Å². The molecular weight excluding hydrogens is 376 g/mol. The van der Waals surface area contributed by atoms with Gasteiger partial charge in [0.2, 0.25) is 0 Å². The standard InChI is InChI=1S/C21H29ClN4O2/c1-23-21(24-13-16-8-11-18(27-4)12-20(16)28-5)25-14-19(26(2)3)15-6-9-17(22)10-7-15/h6-12,19H,13-14H2,1-5H3,(H2,23,24,25). The van der Waals surface area contributed by atoms with Crippen LogP contribution in [0.1, 0.15) is 17.2 Å². The monoisotopic (exact) mass is 404 g/mol. The molecule has 0 fully saturated rings. The van der Waals surface area contributed by atoms with Gasteiger partial charge in [0.25, 0.3) is 0 Å². The van der Waals surface area contributed by atoms with Crippen molar-refractivity contribution in [1.82, 2.24) is 15.5 Å². The van der Waals surface area contributed by atoms with Gasteiger partial charge in [0, 0.05) is 36.8 Å². The van der Waals surface area contributed by atoms with Gasteiger partial charge in [-0.2, -0.15) is 0 Å². The molecule has 0 amide bonds. The van der Waals surface area contributed by atoms with Gasteiger partial charge < -0.3 is 25.0 Å². The first-order chi connectivity index (χ1) is 13.5. The number of benzene rings is 2. The molecule has 0 heterocycles. The van der Waals surface area contributed by atoms with Crippen LogP contribution in [0.25, 0.3) is 0 Å². The lowest BCUT2D eigenvalue weighted by Gasteiger charge is -2.26. The molecule has 0 radical (unpaired) electrons. The van der Waals surface area contributed by atoms with Crippen LogP contribution < -0.4 is 20.1 Å². The van der Waals surface area contributed by atoms with Crippen LogP contribution in [0.15, 0.2) is 47.5 Å². The third-order valence-corrected chi connectivity index (χ3v) is 4.76. The van der Waals surface area contributed by atoms with E-state index in [1.165, 1.54) is 5.56 Å². The largest absolute Gasteiger partial charge is 0.497 e. The maximum absolute atomic E-state index is 6.01. The lowest BCUT2D eigenvalue weighted by molar-refractivity contribution is 0.298. The molecule has 2 N–H and O–H groups in total. The maximum Gasteiger partial charge on any atom is 0.191 e. The van der Waals surface area contributed by atoms with Crippen molar-refractivity contribution in [2.24, 2.45) is 4.99 Å². The molecule has 7 heteroatoms. The smallest absolute Gasteiger partial charge is 0.191 e. The number of hydrogen-bond acceptors (Lipinski definition) is 4. The quantitative estimate of drug-likeness (QED) is 0.522. The second-order valence-corrected chi connectivity index (χ2v) is 6.95. The molecule has 1 atom stereocenters. The van der Waals surface area contributed by atoms with Gasteiger partial charge in [0.1, 0.15) is 11.5 Å². The Kier molecular flexibility index (Phi) is 8.42. The van der Waals surface area contributed by atoms with Gasteiger partial charge in [0.15, 0.2) is 5.96 Å². The molecule has 0 aromatic heterocycles. The number of hydrogen-bond donors (Lipinski definition) is 2. The highest BCUT2D eigenvalue weighted by molar-refractivity contribution is 6.30. The summed E-state index contributed by atoms with van der Waals surface area (Å²) in [6, 6.07) is 13.9. The number of guanidine groups is 1. The van der Waals surface area contributed by atoms with Crippen LogP contribution in [0.4, 0.5) is 0 Å². The first kappa shape index (κ1) is 21.9.